The van der Waals surface area contributed by atoms with Gasteiger partial charge in [0.2, 0.25) is 11.8 Å². The van der Waals surface area contributed by atoms with Gasteiger partial charge < -0.3 is 16.0 Å². The maximum Gasteiger partial charge on any atom is 0.225 e. The van der Waals surface area contributed by atoms with Crippen LogP contribution in [0.5, 0.6) is 0 Å². The Bertz CT molecular complexity index is 354. The Morgan fingerprint density at radius 3 is 2.67 bits per heavy atom. The SMILES string of the molecule is CCN1CC(C(=O)NC(C)(CN)C2CC2)CC1=O. The van der Waals surface area contributed by atoms with Crippen LogP contribution in [0.3, 0.4) is 0 Å². The highest BCUT2D eigenvalue weighted by molar-refractivity contribution is 5.89. The minimum Gasteiger partial charge on any atom is -0.349 e. The molecule has 0 bridgehead atoms. The van der Waals surface area contributed by atoms with Crippen molar-refractivity contribution in [2.24, 2.45) is 17.6 Å². The molecule has 2 aliphatic rings. The van der Waals surface area contributed by atoms with E-state index in [-0.39, 0.29) is 23.3 Å². The fourth-order valence-electron chi connectivity index (χ4n) is 2.68. The molecule has 102 valence electrons. The van der Waals surface area contributed by atoms with Crippen LogP contribution in [0, 0.1) is 11.8 Å². The number of nitrogens with zero attached hydrogens (tertiary/aromatic N) is 1. The molecule has 18 heavy (non-hydrogen) atoms. The Hall–Kier alpha value is -1.10. The van der Waals surface area contributed by atoms with Gasteiger partial charge in [0, 0.05) is 26.1 Å². The summed E-state index contributed by atoms with van der Waals surface area (Å²) in [7, 11) is 0. The molecule has 0 aromatic heterocycles. The van der Waals surface area contributed by atoms with E-state index in [9.17, 15) is 9.59 Å². The first-order valence-corrected chi connectivity index (χ1v) is 6.80. The molecule has 0 radical (unpaired) electrons. The van der Waals surface area contributed by atoms with Gasteiger partial charge in [0.15, 0.2) is 0 Å². The van der Waals surface area contributed by atoms with Crippen LogP contribution in [0.25, 0.3) is 0 Å². The Labute approximate surface area is 108 Å². The Kier molecular flexibility index (Phi) is 3.61. The minimum atomic E-state index is -0.292. The van der Waals surface area contributed by atoms with Crippen molar-refractivity contribution in [1.29, 1.82) is 0 Å². The molecular weight excluding hydrogens is 230 g/mol. The molecule has 0 spiro atoms. The third-order valence-electron chi connectivity index (χ3n) is 4.28. The number of hydrogen-bond donors (Lipinski definition) is 2. The molecule has 5 heteroatoms. The molecule has 0 aromatic carbocycles. The first-order valence-electron chi connectivity index (χ1n) is 6.80. The standard InChI is InChI=1S/C13H23N3O2/c1-3-16-7-9(6-11(16)17)12(18)15-13(2,8-14)10-4-5-10/h9-10H,3-8,14H2,1-2H3,(H,15,18). The third-order valence-corrected chi connectivity index (χ3v) is 4.28. The van der Waals surface area contributed by atoms with E-state index in [0.717, 1.165) is 12.8 Å². The summed E-state index contributed by atoms with van der Waals surface area (Å²) >= 11 is 0. The number of carbonyl (C=O) groups is 2. The van der Waals surface area contributed by atoms with Gasteiger partial charge in [-0.1, -0.05) is 0 Å². The zero-order chi connectivity index (χ0) is 13.3. The van der Waals surface area contributed by atoms with Crippen LogP contribution in [0.2, 0.25) is 0 Å². The van der Waals surface area contributed by atoms with Crippen LogP contribution >= 0.6 is 0 Å². The van der Waals surface area contributed by atoms with Crippen molar-refractivity contribution in [2.45, 2.75) is 38.6 Å². The number of likely N-dealkylation sites (tertiary alicyclic amines) is 1. The highest BCUT2D eigenvalue weighted by Crippen LogP contribution is 2.39. The lowest BCUT2D eigenvalue weighted by Crippen LogP contribution is -2.54. The molecule has 2 atom stereocenters. The summed E-state index contributed by atoms with van der Waals surface area (Å²) in [6.45, 7) is 5.64. The lowest BCUT2D eigenvalue weighted by molar-refractivity contribution is -0.129. The Morgan fingerprint density at radius 2 is 2.22 bits per heavy atom. The molecular formula is C13H23N3O2. The van der Waals surface area contributed by atoms with Gasteiger partial charge in [0.1, 0.15) is 0 Å². The van der Waals surface area contributed by atoms with Crippen molar-refractivity contribution < 1.29 is 9.59 Å². The lowest BCUT2D eigenvalue weighted by atomic mass is 9.94. The lowest BCUT2D eigenvalue weighted by Gasteiger charge is -2.30. The first-order chi connectivity index (χ1) is 8.50. The van der Waals surface area contributed by atoms with E-state index in [1.165, 1.54) is 0 Å². The molecule has 1 saturated carbocycles. The van der Waals surface area contributed by atoms with Crippen LogP contribution in [-0.2, 0) is 9.59 Å². The van der Waals surface area contributed by atoms with Gasteiger partial charge in [-0.25, -0.2) is 0 Å². The molecule has 3 N–H and O–H groups in total. The number of carbonyl (C=O) groups excluding carboxylic acids is 2. The van der Waals surface area contributed by atoms with E-state index in [1.54, 1.807) is 4.90 Å². The van der Waals surface area contributed by atoms with Gasteiger partial charge >= 0.3 is 0 Å². The normalized spacial score (nSPS) is 27.2. The average molecular weight is 253 g/mol. The third kappa shape index (κ3) is 2.51. The molecule has 1 saturated heterocycles. The minimum absolute atomic E-state index is 0.0147. The van der Waals surface area contributed by atoms with Gasteiger partial charge in [-0.15, -0.1) is 0 Å². The van der Waals surface area contributed by atoms with Crippen molar-refractivity contribution in [2.75, 3.05) is 19.6 Å². The van der Waals surface area contributed by atoms with Gasteiger partial charge in [0.25, 0.3) is 0 Å². The smallest absolute Gasteiger partial charge is 0.225 e. The van der Waals surface area contributed by atoms with Crippen molar-refractivity contribution >= 4 is 11.8 Å². The summed E-state index contributed by atoms with van der Waals surface area (Å²) in [5.74, 6) is 0.366. The largest absolute Gasteiger partial charge is 0.349 e. The maximum absolute atomic E-state index is 12.2. The summed E-state index contributed by atoms with van der Waals surface area (Å²) in [5, 5.41) is 3.07. The summed E-state index contributed by atoms with van der Waals surface area (Å²) in [6, 6.07) is 0. The summed E-state index contributed by atoms with van der Waals surface area (Å²) in [6.07, 6.45) is 2.61. The number of nitrogens with one attached hydrogen (secondary N) is 1. The topological polar surface area (TPSA) is 75.4 Å². The van der Waals surface area contributed by atoms with Crippen molar-refractivity contribution in [3.63, 3.8) is 0 Å². The van der Waals surface area contributed by atoms with E-state index in [1.807, 2.05) is 13.8 Å². The second-order valence-corrected chi connectivity index (χ2v) is 5.72. The van der Waals surface area contributed by atoms with Crippen LogP contribution in [-0.4, -0.2) is 41.9 Å². The second kappa shape index (κ2) is 4.88. The number of hydrogen-bond acceptors (Lipinski definition) is 3. The maximum atomic E-state index is 12.2. The molecule has 1 aliphatic carbocycles. The van der Waals surface area contributed by atoms with E-state index in [4.69, 9.17) is 5.73 Å². The average Bonchev–Trinajstić information content (AvgIpc) is 3.13. The quantitative estimate of drug-likeness (QED) is 0.729. The summed E-state index contributed by atoms with van der Waals surface area (Å²) in [5.41, 5.74) is 5.49. The Balaban J connectivity index is 1.94. The number of amides is 2. The predicted octanol–water partition coefficient (Wildman–Crippen LogP) is 0.0984. The van der Waals surface area contributed by atoms with E-state index >= 15 is 0 Å². The van der Waals surface area contributed by atoms with E-state index < -0.39 is 0 Å². The number of nitrogens with two attached hydrogens (primary N) is 1. The van der Waals surface area contributed by atoms with E-state index in [2.05, 4.69) is 5.32 Å². The first kappa shape index (κ1) is 13.3. The van der Waals surface area contributed by atoms with Crippen LogP contribution < -0.4 is 11.1 Å². The summed E-state index contributed by atoms with van der Waals surface area (Å²) in [4.78, 5) is 25.6. The van der Waals surface area contributed by atoms with Crippen molar-refractivity contribution in [1.82, 2.24) is 10.2 Å². The Morgan fingerprint density at radius 1 is 1.56 bits per heavy atom. The second-order valence-electron chi connectivity index (χ2n) is 5.72. The highest BCUT2D eigenvalue weighted by Gasteiger charge is 2.43. The molecule has 2 unspecified atom stereocenters. The molecule has 1 aliphatic heterocycles. The van der Waals surface area contributed by atoms with Gasteiger partial charge in [-0.2, -0.15) is 0 Å². The van der Waals surface area contributed by atoms with Crippen molar-refractivity contribution in [3.05, 3.63) is 0 Å². The van der Waals surface area contributed by atoms with E-state index in [0.29, 0.717) is 32.0 Å². The monoisotopic (exact) mass is 253 g/mol. The van der Waals surface area contributed by atoms with Gasteiger partial charge in [-0.3, -0.25) is 9.59 Å². The highest BCUT2D eigenvalue weighted by atomic mass is 16.2. The molecule has 0 aromatic rings. The zero-order valence-electron chi connectivity index (χ0n) is 11.2. The van der Waals surface area contributed by atoms with Crippen LogP contribution in [0.1, 0.15) is 33.1 Å². The molecule has 1 heterocycles. The molecule has 2 rings (SSSR count). The zero-order valence-corrected chi connectivity index (χ0v) is 11.2. The molecule has 5 nitrogen and oxygen atoms in total. The van der Waals surface area contributed by atoms with Crippen molar-refractivity contribution in [3.8, 4) is 0 Å². The number of rotatable bonds is 5. The summed E-state index contributed by atoms with van der Waals surface area (Å²) < 4.78 is 0. The van der Waals surface area contributed by atoms with Gasteiger partial charge in [0.05, 0.1) is 11.5 Å². The fraction of sp³-hybridized carbons (Fsp3) is 0.846. The van der Waals surface area contributed by atoms with Gasteiger partial charge in [-0.05, 0) is 32.6 Å². The molecule has 2 amide bonds. The fourth-order valence-corrected chi connectivity index (χ4v) is 2.68. The molecule has 2 fully saturated rings. The predicted molar refractivity (Wildman–Crippen MR) is 68.7 cm³/mol. The van der Waals surface area contributed by atoms with Crippen LogP contribution in [0.4, 0.5) is 0 Å². The van der Waals surface area contributed by atoms with Crippen LogP contribution in [0.15, 0.2) is 0 Å².